The second-order valence-corrected chi connectivity index (χ2v) is 13.2. The highest BCUT2D eigenvalue weighted by Crippen LogP contribution is 2.27. The molecule has 2 heterocycles. The molecule has 0 saturated carbocycles. The Morgan fingerprint density at radius 3 is 1.33 bits per heavy atom. The fourth-order valence-electron chi connectivity index (χ4n) is 5.53. The van der Waals surface area contributed by atoms with Gasteiger partial charge in [-0.05, 0) is 68.3 Å². The Morgan fingerprint density at radius 1 is 0.543 bits per heavy atom. The lowest BCUT2D eigenvalue weighted by Gasteiger charge is -2.14. The van der Waals surface area contributed by atoms with Crippen molar-refractivity contribution < 1.29 is 9.13 Å². The van der Waals surface area contributed by atoms with Crippen LogP contribution in [0.25, 0.3) is 21.8 Å². The lowest BCUT2D eigenvalue weighted by molar-refractivity contribution is -0.684. The molecule has 46 heavy (non-hydrogen) atoms. The number of alkyl halides is 2. The first-order valence-corrected chi connectivity index (χ1v) is 17.1. The standard InChI is InChI=1S/C38H36Br2N6/c1-43(31-13-5-3-6-14-31)41-27-29-23-25-45(35-19-11-9-17-33(29)35)37(39)21-22-38(40)46-26-24-30(34-18-10-12-20-36(34)46)28-42-44(2)32-15-7-4-8-16-32/h3-20,23-28,37-38H,21-22H2,1-2H3/q+2. The Labute approximate surface area is 287 Å². The number of rotatable bonds is 11. The molecule has 8 heteroatoms. The summed E-state index contributed by atoms with van der Waals surface area (Å²) >= 11 is 8.02. The van der Waals surface area contributed by atoms with Gasteiger partial charge in [0.1, 0.15) is 0 Å². The van der Waals surface area contributed by atoms with E-state index in [0.717, 1.165) is 57.1 Å². The predicted octanol–water partition coefficient (Wildman–Crippen LogP) is 8.78. The number of hydrogen-bond donors (Lipinski definition) is 0. The molecule has 0 N–H and O–H groups in total. The smallest absolute Gasteiger partial charge is 0.214 e. The topological polar surface area (TPSA) is 39.0 Å². The Bertz CT molecular complexity index is 1840. The first kappa shape index (κ1) is 31.6. The number of anilines is 2. The Hall–Kier alpha value is -4.40. The molecule has 2 unspecified atom stereocenters. The van der Waals surface area contributed by atoms with Crippen LogP contribution in [0.1, 0.15) is 33.9 Å². The van der Waals surface area contributed by atoms with Crippen molar-refractivity contribution in [2.24, 2.45) is 10.2 Å². The summed E-state index contributed by atoms with van der Waals surface area (Å²) in [6, 6.07) is 41.6. The van der Waals surface area contributed by atoms with Gasteiger partial charge in [0.05, 0.1) is 34.6 Å². The van der Waals surface area contributed by atoms with Crippen LogP contribution in [0.5, 0.6) is 0 Å². The minimum Gasteiger partial charge on any atom is -0.269 e. The highest BCUT2D eigenvalue weighted by molar-refractivity contribution is 9.09. The van der Waals surface area contributed by atoms with Crippen LogP contribution in [0.3, 0.4) is 0 Å². The van der Waals surface area contributed by atoms with Crippen LogP contribution in [0.15, 0.2) is 144 Å². The summed E-state index contributed by atoms with van der Waals surface area (Å²) in [6.45, 7) is 0. The summed E-state index contributed by atoms with van der Waals surface area (Å²) in [7, 11) is 3.94. The van der Waals surface area contributed by atoms with Crippen LogP contribution in [-0.2, 0) is 0 Å². The van der Waals surface area contributed by atoms with Gasteiger partial charge < -0.3 is 0 Å². The third kappa shape index (κ3) is 7.19. The first-order valence-electron chi connectivity index (χ1n) is 15.3. The van der Waals surface area contributed by atoms with Gasteiger partial charge in [-0.2, -0.15) is 19.3 Å². The molecule has 0 saturated heterocycles. The van der Waals surface area contributed by atoms with Crippen LogP contribution in [0.2, 0.25) is 0 Å². The van der Waals surface area contributed by atoms with Crippen molar-refractivity contribution in [3.8, 4) is 0 Å². The van der Waals surface area contributed by atoms with Gasteiger partial charge in [-0.25, -0.2) is 0 Å². The van der Waals surface area contributed by atoms with E-state index in [4.69, 9.17) is 10.2 Å². The lowest BCUT2D eigenvalue weighted by Crippen LogP contribution is -2.40. The highest BCUT2D eigenvalue weighted by atomic mass is 79.9. The molecule has 0 spiro atoms. The van der Waals surface area contributed by atoms with E-state index < -0.39 is 0 Å². The average molecular weight is 737 g/mol. The van der Waals surface area contributed by atoms with Crippen molar-refractivity contribution in [3.05, 3.63) is 145 Å². The fraction of sp³-hybridized carbons (Fsp3) is 0.158. The Morgan fingerprint density at radius 2 is 0.913 bits per heavy atom. The molecule has 2 aromatic heterocycles. The van der Waals surface area contributed by atoms with E-state index >= 15 is 0 Å². The highest BCUT2D eigenvalue weighted by Gasteiger charge is 2.25. The van der Waals surface area contributed by atoms with Crippen LogP contribution < -0.4 is 19.2 Å². The molecule has 0 bridgehead atoms. The molecule has 0 amide bonds. The monoisotopic (exact) mass is 734 g/mol. The minimum absolute atomic E-state index is 0.113. The molecule has 6 aromatic rings. The maximum Gasteiger partial charge on any atom is 0.214 e. The number of pyridine rings is 2. The summed E-state index contributed by atoms with van der Waals surface area (Å²) < 4.78 is 4.61. The van der Waals surface area contributed by atoms with Crippen molar-refractivity contribution in [1.82, 2.24) is 0 Å². The quantitative estimate of drug-likeness (QED) is 0.0578. The predicted molar refractivity (Wildman–Crippen MR) is 198 cm³/mol. The third-order valence-corrected chi connectivity index (χ3v) is 9.86. The van der Waals surface area contributed by atoms with E-state index in [0.29, 0.717) is 0 Å². The van der Waals surface area contributed by atoms with Gasteiger partial charge in [0.15, 0.2) is 12.4 Å². The number of hydrogen-bond acceptors (Lipinski definition) is 4. The van der Waals surface area contributed by atoms with Crippen LogP contribution in [0, 0.1) is 0 Å². The first-order chi connectivity index (χ1) is 22.5. The zero-order valence-electron chi connectivity index (χ0n) is 25.9. The number of halogens is 2. The molecule has 0 fully saturated rings. The maximum absolute atomic E-state index is 4.72. The van der Waals surface area contributed by atoms with E-state index in [1.807, 2.05) is 72.9 Å². The molecule has 6 nitrogen and oxygen atoms in total. The van der Waals surface area contributed by atoms with Gasteiger partial charge in [-0.15, -0.1) is 0 Å². The number of nitrogens with zero attached hydrogens (tertiary/aromatic N) is 6. The molecule has 2 atom stereocenters. The summed E-state index contributed by atoms with van der Waals surface area (Å²) in [6.07, 6.45) is 10.0. The number of fused-ring (bicyclic) bond motifs is 2. The number of benzene rings is 4. The zero-order chi connectivity index (χ0) is 31.9. The van der Waals surface area contributed by atoms with E-state index in [-0.39, 0.29) is 9.90 Å². The second-order valence-electron chi connectivity index (χ2n) is 11.0. The summed E-state index contributed by atoms with van der Waals surface area (Å²) in [5, 5.41) is 15.5. The molecular formula is C38H36Br2N6+2. The lowest BCUT2D eigenvalue weighted by atomic mass is 10.1. The largest absolute Gasteiger partial charge is 0.269 e. The molecule has 4 aromatic carbocycles. The normalized spacial score (nSPS) is 13.0. The molecule has 230 valence electrons. The van der Waals surface area contributed by atoms with Gasteiger partial charge >= 0.3 is 0 Å². The van der Waals surface area contributed by atoms with Crippen molar-refractivity contribution in [3.63, 3.8) is 0 Å². The summed E-state index contributed by atoms with van der Waals surface area (Å²) in [5.74, 6) is 0. The van der Waals surface area contributed by atoms with Gasteiger partial charge in [0, 0.05) is 62.3 Å². The summed E-state index contributed by atoms with van der Waals surface area (Å²) in [4.78, 5) is 0.226. The molecule has 0 radical (unpaired) electrons. The zero-order valence-corrected chi connectivity index (χ0v) is 29.0. The van der Waals surface area contributed by atoms with Crippen LogP contribution in [0.4, 0.5) is 11.4 Å². The van der Waals surface area contributed by atoms with Crippen molar-refractivity contribution in [2.45, 2.75) is 22.7 Å². The van der Waals surface area contributed by atoms with Crippen LogP contribution in [-0.4, -0.2) is 26.5 Å². The van der Waals surface area contributed by atoms with E-state index in [1.165, 1.54) is 0 Å². The molecule has 0 aliphatic carbocycles. The Kier molecular flexibility index (Phi) is 10.2. The van der Waals surface area contributed by atoms with Gasteiger partial charge in [-0.3, -0.25) is 10.0 Å². The third-order valence-electron chi connectivity index (χ3n) is 8.06. The summed E-state index contributed by atoms with van der Waals surface area (Å²) in [5.41, 5.74) is 6.56. The van der Waals surface area contributed by atoms with E-state index in [2.05, 4.69) is 138 Å². The van der Waals surface area contributed by atoms with Gasteiger partial charge in [0.2, 0.25) is 20.9 Å². The Balaban J connectivity index is 1.18. The molecule has 0 aliphatic heterocycles. The SMILES string of the molecule is CN(N=Cc1cc[n+](C(Br)CCC(Br)[n+]2ccc(C=NN(C)c3ccccc3)c3ccccc32)c2ccccc12)c1ccccc1. The van der Waals surface area contributed by atoms with Crippen molar-refractivity contribution in [2.75, 3.05) is 24.1 Å². The van der Waals surface area contributed by atoms with Gasteiger partial charge in [0.25, 0.3) is 0 Å². The van der Waals surface area contributed by atoms with E-state index in [1.54, 1.807) is 0 Å². The average Bonchev–Trinajstić information content (AvgIpc) is 3.12. The second kappa shape index (κ2) is 14.8. The molecule has 0 aliphatic rings. The van der Waals surface area contributed by atoms with Gasteiger partial charge in [-0.1, -0.05) is 60.7 Å². The molecule has 6 rings (SSSR count). The molecular weight excluding hydrogens is 700 g/mol. The maximum atomic E-state index is 4.72. The van der Waals surface area contributed by atoms with E-state index in [9.17, 15) is 0 Å². The fourth-order valence-corrected chi connectivity index (χ4v) is 6.78. The van der Waals surface area contributed by atoms with Crippen molar-refractivity contribution >= 4 is 77.5 Å². The van der Waals surface area contributed by atoms with Crippen LogP contribution >= 0.6 is 31.9 Å². The minimum atomic E-state index is 0.113. The number of aromatic nitrogens is 2. The number of para-hydroxylation sites is 4. The number of hydrazone groups is 2. The van der Waals surface area contributed by atoms with Crippen molar-refractivity contribution in [1.29, 1.82) is 0 Å².